The maximum absolute atomic E-state index is 13.5. The van der Waals surface area contributed by atoms with Gasteiger partial charge in [0.15, 0.2) is 0 Å². The number of fused-ring (bicyclic) bond motifs is 1. The molecule has 164 valence electrons. The smallest absolute Gasteiger partial charge is 0.254 e. The summed E-state index contributed by atoms with van der Waals surface area (Å²) in [5, 5.41) is 0.920. The zero-order valence-corrected chi connectivity index (χ0v) is 19.4. The van der Waals surface area contributed by atoms with Gasteiger partial charge in [0.2, 0.25) is 10.0 Å². The lowest BCUT2D eigenvalue weighted by atomic mass is 10.0. The van der Waals surface area contributed by atoms with Crippen molar-refractivity contribution in [3.63, 3.8) is 0 Å². The molecular formula is C22H25N3O4S2. The first kappa shape index (κ1) is 21.7. The summed E-state index contributed by atoms with van der Waals surface area (Å²) in [4.78, 5) is 20.1. The van der Waals surface area contributed by atoms with Crippen LogP contribution in [0, 0.1) is 0 Å². The molecular weight excluding hydrogens is 434 g/mol. The van der Waals surface area contributed by atoms with Gasteiger partial charge in [0.25, 0.3) is 5.91 Å². The number of sulfonamides is 1. The van der Waals surface area contributed by atoms with E-state index in [9.17, 15) is 13.2 Å². The fourth-order valence-electron chi connectivity index (χ4n) is 3.84. The number of thiazole rings is 1. The number of carbonyl (C=O) groups is 1. The van der Waals surface area contributed by atoms with E-state index >= 15 is 0 Å². The normalized spacial score (nSPS) is 17.3. The molecule has 0 spiro atoms. The predicted octanol–water partition coefficient (Wildman–Crippen LogP) is 3.92. The highest BCUT2D eigenvalue weighted by Crippen LogP contribution is 2.37. The van der Waals surface area contributed by atoms with E-state index in [-0.39, 0.29) is 22.6 Å². The minimum absolute atomic E-state index is 0.0144. The number of benzene rings is 2. The molecule has 1 saturated heterocycles. The third-order valence-corrected chi connectivity index (χ3v) is 8.50. The number of para-hydroxylation sites is 1. The number of hydrogen-bond acceptors (Lipinski definition) is 6. The third-order valence-electron chi connectivity index (χ3n) is 5.53. The summed E-state index contributed by atoms with van der Waals surface area (Å²) in [6.45, 7) is 0.612. The van der Waals surface area contributed by atoms with Crippen molar-refractivity contribution in [1.82, 2.24) is 14.2 Å². The molecule has 0 N–H and O–H groups in total. The van der Waals surface area contributed by atoms with E-state index in [2.05, 4.69) is 0 Å². The number of aromatic nitrogens is 1. The molecule has 0 aliphatic carbocycles. The fourth-order valence-corrected chi connectivity index (χ4v) is 6.03. The first-order valence-corrected chi connectivity index (χ1v) is 12.4. The van der Waals surface area contributed by atoms with Crippen LogP contribution in [0.15, 0.2) is 47.4 Å². The Labute approximate surface area is 186 Å². The lowest BCUT2D eigenvalue weighted by Gasteiger charge is -2.34. The Kier molecular flexibility index (Phi) is 6.00. The van der Waals surface area contributed by atoms with Crippen LogP contribution in [0.3, 0.4) is 0 Å². The molecule has 0 unspecified atom stereocenters. The topological polar surface area (TPSA) is 79.8 Å². The van der Waals surface area contributed by atoms with E-state index in [0.29, 0.717) is 12.1 Å². The van der Waals surface area contributed by atoms with Crippen molar-refractivity contribution in [2.24, 2.45) is 0 Å². The number of rotatable bonds is 5. The molecule has 4 rings (SSSR count). The molecule has 1 atom stereocenters. The van der Waals surface area contributed by atoms with Gasteiger partial charge in [-0.1, -0.05) is 12.1 Å². The van der Waals surface area contributed by atoms with Crippen molar-refractivity contribution in [3.05, 3.63) is 53.0 Å². The second-order valence-corrected chi connectivity index (χ2v) is 10.9. The quantitative estimate of drug-likeness (QED) is 0.578. The molecule has 1 fully saturated rings. The number of ether oxygens (including phenoxy) is 1. The lowest BCUT2D eigenvalue weighted by Crippen LogP contribution is -2.38. The van der Waals surface area contributed by atoms with Crippen LogP contribution in [-0.4, -0.2) is 56.3 Å². The Bertz CT molecular complexity index is 1190. The Hall–Kier alpha value is -2.49. The van der Waals surface area contributed by atoms with Gasteiger partial charge in [-0.15, -0.1) is 11.3 Å². The van der Waals surface area contributed by atoms with Crippen LogP contribution in [0.25, 0.3) is 10.2 Å². The van der Waals surface area contributed by atoms with Gasteiger partial charge in [-0.05, 0) is 49.6 Å². The summed E-state index contributed by atoms with van der Waals surface area (Å²) in [6, 6.07) is 12.4. The summed E-state index contributed by atoms with van der Waals surface area (Å²) in [5.41, 5.74) is 1.26. The second kappa shape index (κ2) is 8.57. The van der Waals surface area contributed by atoms with E-state index < -0.39 is 10.0 Å². The Morgan fingerprint density at radius 3 is 2.68 bits per heavy atom. The van der Waals surface area contributed by atoms with Gasteiger partial charge in [-0.2, -0.15) is 0 Å². The average Bonchev–Trinajstić information content (AvgIpc) is 3.22. The molecule has 1 amide bonds. The van der Waals surface area contributed by atoms with Crippen molar-refractivity contribution >= 4 is 37.5 Å². The first-order chi connectivity index (χ1) is 14.8. The van der Waals surface area contributed by atoms with Gasteiger partial charge in [0.1, 0.15) is 15.7 Å². The van der Waals surface area contributed by atoms with Crippen LogP contribution in [0.1, 0.15) is 40.7 Å². The number of hydrogen-bond donors (Lipinski definition) is 0. The maximum atomic E-state index is 13.5. The number of amides is 1. The summed E-state index contributed by atoms with van der Waals surface area (Å²) in [7, 11) is 0.565. The van der Waals surface area contributed by atoms with Crippen LogP contribution >= 0.6 is 11.3 Å². The number of likely N-dealkylation sites (tertiary alicyclic amines) is 1. The number of nitrogens with zero attached hydrogens (tertiary/aromatic N) is 3. The molecule has 3 aromatic rings. The van der Waals surface area contributed by atoms with Gasteiger partial charge in [0.05, 0.1) is 23.4 Å². The molecule has 31 heavy (non-hydrogen) atoms. The van der Waals surface area contributed by atoms with Crippen LogP contribution in [0.2, 0.25) is 0 Å². The van der Waals surface area contributed by atoms with E-state index in [1.165, 1.54) is 27.3 Å². The first-order valence-electron chi connectivity index (χ1n) is 10.1. The van der Waals surface area contributed by atoms with Crippen LogP contribution in [-0.2, 0) is 10.0 Å². The lowest BCUT2D eigenvalue weighted by molar-refractivity contribution is 0.0611. The SMILES string of the molecule is COc1ccc(C(=O)N2CCCC[C@@H]2c2nc3ccccc3s2)cc1S(=O)(=O)N(C)C. The van der Waals surface area contributed by atoms with E-state index in [0.717, 1.165) is 38.8 Å². The Balaban J connectivity index is 1.72. The highest BCUT2D eigenvalue weighted by Gasteiger charge is 2.32. The maximum Gasteiger partial charge on any atom is 0.254 e. The van der Waals surface area contributed by atoms with Crippen molar-refractivity contribution in [3.8, 4) is 5.75 Å². The minimum Gasteiger partial charge on any atom is -0.495 e. The van der Waals surface area contributed by atoms with E-state index in [4.69, 9.17) is 9.72 Å². The van der Waals surface area contributed by atoms with Gasteiger partial charge in [-0.3, -0.25) is 4.79 Å². The van der Waals surface area contributed by atoms with Crippen molar-refractivity contribution in [1.29, 1.82) is 0 Å². The number of methoxy groups -OCH3 is 1. The van der Waals surface area contributed by atoms with Crippen LogP contribution in [0.5, 0.6) is 5.75 Å². The van der Waals surface area contributed by atoms with E-state index in [1.807, 2.05) is 29.2 Å². The molecule has 0 radical (unpaired) electrons. The molecule has 1 aliphatic rings. The van der Waals surface area contributed by atoms with Gasteiger partial charge in [-0.25, -0.2) is 17.7 Å². The van der Waals surface area contributed by atoms with E-state index in [1.54, 1.807) is 23.5 Å². The molecule has 2 aromatic carbocycles. The second-order valence-electron chi connectivity index (χ2n) is 7.68. The Morgan fingerprint density at radius 1 is 1.19 bits per heavy atom. The van der Waals surface area contributed by atoms with Crippen LogP contribution < -0.4 is 4.74 Å². The highest BCUT2D eigenvalue weighted by molar-refractivity contribution is 7.89. The average molecular weight is 460 g/mol. The zero-order chi connectivity index (χ0) is 22.2. The largest absolute Gasteiger partial charge is 0.495 e. The molecule has 1 aromatic heterocycles. The van der Waals surface area contributed by atoms with Gasteiger partial charge < -0.3 is 9.64 Å². The monoisotopic (exact) mass is 459 g/mol. The Morgan fingerprint density at radius 2 is 1.97 bits per heavy atom. The fraction of sp³-hybridized carbons (Fsp3) is 0.364. The molecule has 0 bridgehead atoms. The van der Waals surface area contributed by atoms with Crippen LogP contribution in [0.4, 0.5) is 0 Å². The minimum atomic E-state index is -3.76. The number of piperidine rings is 1. The molecule has 1 aliphatic heterocycles. The standard InChI is InChI=1S/C22H25N3O4S2/c1-24(2)31(27,28)20-14-15(11-12-18(20)29-3)22(26)25-13-7-6-9-17(25)21-23-16-8-4-5-10-19(16)30-21/h4-5,8,10-12,14,17H,6-7,9,13H2,1-3H3/t17-/m1/s1. The predicted molar refractivity (Wildman–Crippen MR) is 121 cm³/mol. The molecule has 2 heterocycles. The summed E-state index contributed by atoms with van der Waals surface area (Å²) >= 11 is 1.61. The van der Waals surface area contributed by atoms with Crippen molar-refractivity contribution in [2.45, 2.75) is 30.2 Å². The molecule has 0 saturated carbocycles. The van der Waals surface area contributed by atoms with Crippen molar-refractivity contribution < 1.29 is 17.9 Å². The zero-order valence-electron chi connectivity index (χ0n) is 17.7. The number of carbonyl (C=O) groups excluding carboxylic acids is 1. The summed E-state index contributed by atoms with van der Waals surface area (Å²) in [5.74, 6) is 0.0217. The van der Waals surface area contributed by atoms with Crippen molar-refractivity contribution in [2.75, 3.05) is 27.7 Å². The molecule has 9 heteroatoms. The highest BCUT2D eigenvalue weighted by atomic mass is 32.2. The summed E-state index contributed by atoms with van der Waals surface area (Å²) < 4.78 is 33.0. The molecule has 7 nitrogen and oxygen atoms in total. The third kappa shape index (κ3) is 4.05. The van der Waals surface area contributed by atoms with Gasteiger partial charge in [0, 0.05) is 26.2 Å². The summed E-state index contributed by atoms with van der Waals surface area (Å²) in [6.07, 6.45) is 2.77. The van der Waals surface area contributed by atoms with Gasteiger partial charge >= 0.3 is 0 Å².